The fourth-order valence-electron chi connectivity index (χ4n) is 2.59. The largest absolute Gasteiger partial charge is 0.349 e. The zero-order valence-corrected chi connectivity index (χ0v) is 12.4. The second-order valence-electron chi connectivity index (χ2n) is 5.19. The molecule has 1 aromatic rings. The van der Waals surface area contributed by atoms with Crippen molar-refractivity contribution in [3.8, 4) is 0 Å². The van der Waals surface area contributed by atoms with Gasteiger partial charge >= 0.3 is 0 Å². The number of carbonyl (C=O) groups excluding carboxylic acids is 1. The molecule has 98 valence electrons. The van der Waals surface area contributed by atoms with Gasteiger partial charge in [0.15, 0.2) is 0 Å². The lowest BCUT2D eigenvalue weighted by Crippen LogP contribution is -2.43. The molecule has 2 rings (SSSR count). The lowest BCUT2D eigenvalue weighted by molar-refractivity contribution is 0.0890. The normalized spacial score (nSPS) is 27.8. The first-order valence-corrected chi connectivity index (χ1v) is 7.30. The molecule has 0 saturated heterocycles. The third-order valence-corrected chi connectivity index (χ3v) is 4.66. The Morgan fingerprint density at radius 3 is 2.94 bits per heavy atom. The molecule has 18 heavy (non-hydrogen) atoms. The SMILES string of the molecule is CC1CCCC(NC(=O)c2cccnc2Br)C1C. The molecule has 1 saturated carbocycles. The number of halogens is 1. The molecular formula is C14H19BrN2O. The number of pyridine rings is 1. The fraction of sp³-hybridized carbons (Fsp3) is 0.571. The quantitative estimate of drug-likeness (QED) is 0.851. The first kappa shape index (κ1) is 13.5. The molecule has 0 radical (unpaired) electrons. The minimum atomic E-state index is -0.0269. The van der Waals surface area contributed by atoms with Crippen molar-refractivity contribution < 1.29 is 4.79 Å². The van der Waals surface area contributed by atoms with E-state index in [0.29, 0.717) is 22.0 Å². The Kier molecular flexibility index (Phi) is 4.38. The van der Waals surface area contributed by atoms with Gasteiger partial charge in [0.1, 0.15) is 4.60 Å². The van der Waals surface area contributed by atoms with Crippen molar-refractivity contribution in [1.82, 2.24) is 10.3 Å². The summed E-state index contributed by atoms with van der Waals surface area (Å²) in [5.74, 6) is 1.19. The second-order valence-corrected chi connectivity index (χ2v) is 5.94. The van der Waals surface area contributed by atoms with E-state index in [0.717, 1.165) is 6.42 Å². The predicted molar refractivity (Wildman–Crippen MR) is 75.4 cm³/mol. The molecule has 3 atom stereocenters. The van der Waals surface area contributed by atoms with E-state index < -0.39 is 0 Å². The molecule has 0 spiro atoms. The van der Waals surface area contributed by atoms with E-state index in [2.05, 4.69) is 40.1 Å². The summed E-state index contributed by atoms with van der Waals surface area (Å²) >= 11 is 3.32. The van der Waals surface area contributed by atoms with Crippen LogP contribution in [-0.4, -0.2) is 16.9 Å². The highest BCUT2D eigenvalue weighted by molar-refractivity contribution is 9.10. The second kappa shape index (κ2) is 5.83. The van der Waals surface area contributed by atoms with Crippen LogP contribution in [0.5, 0.6) is 0 Å². The molecule has 1 N–H and O–H groups in total. The van der Waals surface area contributed by atoms with Crippen LogP contribution in [0.1, 0.15) is 43.5 Å². The molecule has 1 heterocycles. The van der Waals surface area contributed by atoms with Gasteiger partial charge in [-0.2, -0.15) is 0 Å². The van der Waals surface area contributed by atoms with Gasteiger partial charge < -0.3 is 5.32 Å². The Hall–Kier alpha value is -0.900. The first-order chi connectivity index (χ1) is 8.59. The van der Waals surface area contributed by atoms with Crippen LogP contribution in [0.25, 0.3) is 0 Å². The summed E-state index contributed by atoms with van der Waals surface area (Å²) in [7, 11) is 0. The van der Waals surface area contributed by atoms with E-state index in [1.165, 1.54) is 12.8 Å². The number of amides is 1. The van der Waals surface area contributed by atoms with E-state index in [1.54, 1.807) is 18.3 Å². The van der Waals surface area contributed by atoms with E-state index in [4.69, 9.17) is 0 Å². The van der Waals surface area contributed by atoms with Crippen LogP contribution >= 0.6 is 15.9 Å². The molecule has 4 heteroatoms. The van der Waals surface area contributed by atoms with Gasteiger partial charge in [-0.25, -0.2) is 4.98 Å². The van der Waals surface area contributed by atoms with Crippen LogP contribution in [0.3, 0.4) is 0 Å². The van der Waals surface area contributed by atoms with E-state index in [1.807, 2.05) is 0 Å². The van der Waals surface area contributed by atoms with Gasteiger partial charge in [-0.05, 0) is 46.3 Å². The van der Waals surface area contributed by atoms with Gasteiger partial charge in [0.05, 0.1) is 5.56 Å². The molecule has 0 bridgehead atoms. The van der Waals surface area contributed by atoms with Gasteiger partial charge in [0.25, 0.3) is 5.91 Å². The predicted octanol–water partition coefficient (Wildman–Crippen LogP) is 3.40. The summed E-state index contributed by atoms with van der Waals surface area (Å²) in [6.45, 7) is 4.50. The topological polar surface area (TPSA) is 42.0 Å². The van der Waals surface area contributed by atoms with Crippen molar-refractivity contribution in [2.45, 2.75) is 39.2 Å². The monoisotopic (exact) mass is 310 g/mol. The smallest absolute Gasteiger partial charge is 0.254 e. The Morgan fingerprint density at radius 2 is 2.22 bits per heavy atom. The number of nitrogens with one attached hydrogen (secondary N) is 1. The third-order valence-electron chi connectivity index (χ3n) is 4.03. The van der Waals surface area contributed by atoms with Gasteiger partial charge in [0.2, 0.25) is 0 Å². The molecule has 1 aliphatic carbocycles. The maximum absolute atomic E-state index is 12.2. The lowest BCUT2D eigenvalue weighted by atomic mass is 9.78. The molecule has 3 unspecified atom stereocenters. The Balaban J connectivity index is 2.05. The van der Waals surface area contributed by atoms with Gasteiger partial charge in [-0.1, -0.05) is 26.7 Å². The van der Waals surface area contributed by atoms with Gasteiger partial charge in [0, 0.05) is 12.2 Å². The molecular weight excluding hydrogens is 292 g/mol. The number of carbonyl (C=O) groups is 1. The summed E-state index contributed by atoms with van der Waals surface area (Å²) in [6, 6.07) is 3.86. The van der Waals surface area contributed by atoms with Gasteiger partial charge in [-0.3, -0.25) is 4.79 Å². The number of nitrogens with zero attached hydrogens (tertiary/aromatic N) is 1. The van der Waals surface area contributed by atoms with Crippen molar-refractivity contribution >= 4 is 21.8 Å². The van der Waals surface area contributed by atoms with Crippen LogP contribution in [0.4, 0.5) is 0 Å². The number of aromatic nitrogens is 1. The van der Waals surface area contributed by atoms with Crippen molar-refractivity contribution in [3.05, 3.63) is 28.5 Å². The summed E-state index contributed by atoms with van der Waals surface area (Å²) in [4.78, 5) is 16.3. The van der Waals surface area contributed by atoms with Crippen LogP contribution in [0.15, 0.2) is 22.9 Å². The fourth-order valence-corrected chi connectivity index (χ4v) is 3.02. The van der Waals surface area contributed by atoms with Crippen molar-refractivity contribution in [2.24, 2.45) is 11.8 Å². The Morgan fingerprint density at radius 1 is 1.44 bits per heavy atom. The summed E-state index contributed by atoms with van der Waals surface area (Å²) < 4.78 is 0.610. The molecule has 1 aliphatic rings. The minimum absolute atomic E-state index is 0.0269. The molecule has 0 aliphatic heterocycles. The number of rotatable bonds is 2. The lowest BCUT2D eigenvalue weighted by Gasteiger charge is -2.34. The number of hydrogen-bond donors (Lipinski definition) is 1. The van der Waals surface area contributed by atoms with Crippen LogP contribution in [0.2, 0.25) is 0 Å². The Bertz CT molecular complexity index is 436. The third kappa shape index (κ3) is 2.91. The maximum Gasteiger partial charge on any atom is 0.254 e. The van der Waals surface area contributed by atoms with Crippen molar-refractivity contribution in [3.63, 3.8) is 0 Å². The highest BCUT2D eigenvalue weighted by atomic mass is 79.9. The van der Waals surface area contributed by atoms with Crippen molar-refractivity contribution in [1.29, 1.82) is 0 Å². The average molecular weight is 311 g/mol. The summed E-state index contributed by atoms with van der Waals surface area (Å²) in [6.07, 6.45) is 5.22. The Labute approximate surface area is 117 Å². The first-order valence-electron chi connectivity index (χ1n) is 6.51. The molecule has 1 amide bonds. The molecule has 0 aromatic carbocycles. The molecule has 1 aromatic heterocycles. The standard InChI is InChI=1S/C14H19BrN2O/c1-9-5-3-7-12(10(9)2)17-14(18)11-6-4-8-16-13(11)15/h4,6,8-10,12H,3,5,7H2,1-2H3,(H,17,18). The molecule has 1 fully saturated rings. The summed E-state index contributed by atoms with van der Waals surface area (Å²) in [5, 5.41) is 3.15. The van der Waals surface area contributed by atoms with E-state index >= 15 is 0 Å². The highest BCUT2D eigenvalue weighted by Gasteiger charge is 2.28. The van der Waals surface area contributed by atoms with Crippen LogP contribution < -0.4 is 5.32 Å². The number of hydrogen-bond acceptors (Lipinski definition) is 2. The maximum atomic E-state index is 12.2. The van der Waals surface area contributed by atoms with Crippen molar-refractivity contribution in [2.75, 3.05) is 0 Å². The molecule has 3 nitrogen and oxygen atoms in total. The average Bonchev–Trinajstić information content (AvgIpc) is 2.35. The van der Waals surface area contributed by atoms with Gasteiger partial charge in [-0.15, -0.1) is 0 Å². The minimum Gasteiger partial charge on any atom is -0.349 e. The zero-order valence-electron chi connectivity index (χ0n) is 10.8. The van der Waals surface area contributed by atoms with E-state index in [9.17, 15) is 4.79 Å². The summed E-state index contributed by atoms with van der Waals surface area (Å²) in [5.41, 5.74) is 0.614. The van der Waals surface area contributed by atoms with Crippen LogP contribution in [-0.2, 0) is 0 Å². The zero-order chi connectivity index (χ0) is 13.1. The highest BCUT2D eigenvalue weighted by Crippen LogP contribution is 2.29. The van der Waals surface area contributed by atoms with Crippen LogP contribution in [0, 0.1) is 11.8 Å². The van der Waals surface area contributed by atoms with E-state index in [-0.39, 0.29) is 11.9 Å².